The van der Waals surface area contributed by atoms with Crippen molar-refractivity contribution in [3.05, 3.63) is 97.1 Å². The molecule has 5 rings (SSSR count). The van der Waals surface area contributed by atoms with E-state index in [2.05, 4.69) is 53.5 Å². The van der Waals surface area contributed by atoms with E-state index >= 15 is 0 Å². The lowest BCUT2D eigenvalue weighted by atomic mass is 10.0. The molecule has 0 saturated heterocycles. The van der Waals surface area contributed by atoms with E-state index in [1.54, 1.807) is 0 Å². The summed E-state index contributed by atoms with van der Waals surface area (Å²) in [7, 11) is -1.56. The maximum atomic E-state index is 12.8. The summed E-state index contributed by atoms with van der Waals surface area (Å²) >= 11 is 0. The molecule has 0 bridgehead atoms. The number of aromatic amines is 1. The molecule has 1 heterocycles. The number of rotatable bonds is 3. The fourth-order valence-electron chi connectivity index (χ4n) is 3.60. The molecule has 3 heteroatoms. The smallest absolute Gasteiger partial charge is 0.354 e. The van der Waals surface area contributed by atoms with E-state index in [0.717, 1.165) is 32.8 Å². The molecule has 0 spiro atoms. The molecule has 27 heavy (non-hydrogen) atoms. The van der Waals surface area contributed by atoms with Gasteiger partial charge in [-0.05, 0) is 48.0 Å². The van der Waals surface area contributed by atoms with Crippen molar-refractivity contribution in [2.75, 3.05) is 0 Å². The van der Waals surface area contributed by atoms with Crippen molar-refractivity contribution in [3.63, 3.8) is 0 Å². The minimum absolute atomic E-state index is 0.851. The Morgan fingerprint density at radius 1 is 0.593 bits per heavy atom. The SMILES string of the molecule is O=[P+](c1ccccc1)c1ccc(-c2cccc3c2[nH]c2ccccc23)cc1. The summed E-state index contributed by atoms with van der Waals surface area (Å²) in [6, 6.07) is 32.4. The van der Waals surface area contributed by atoms with Crippen molar-refractivity contribution < 1.29 is 4.57 Å². The Morgan fingerprint density at radius 3 is 2.07 bits per heavy atom. The lowest BCUT2D eigenvalue weighted by Crippen LogP contribution is -2.05. The first-order chi connectivity index (χ1) is 13.3. The number of para-hydroxylation sites is 2. The molecule has 4 aromatic carbocycles. The monoisotopic (exact) mass is 366 g/mol. The van der Waals surface area contributed by atoms with Crippen LogP contribution in [0.15, 0.2) is 97.1 Å². The van der Waals surface area contributed by atoms with Crippen LogP contribution in [0, 0.1) is 0 Å². The third-order valence-electron chi connectivity index (χ3n) is 4.94. The lowest BCUT2D eigenvalue weighted by molar-refractivity contribution is 0.598. The predicted molar refractivity (Wildman–Crippen MR) is 115 cm³/mol. The number of benzene rings is 4. The predicted octanol–water partition coefficient (Wildman–Crippen LogP) is 5.77. The van der Waals surface area contributed by atoms with Crippen LogP contribution in [0.3, 0.4) is 0 Å². The fourth-order valence-corrected chi connectivity index (χ4v) is 4.76. The second-order valence-corrected chi connectivity index (χ2v) is 8.20. The first-order valence-corrected chi connectivity index (χ1v) is 10.2. The topological polar surface area (TPSA) is 32.9 Å². The van der Waals surface area contributed by atoms with Crippen molar-refractivity contribution in [2.24, 2.45) is 0 Å². The molecule has 0 fully saturated rings. The number of aromatic nitrogens is 1. The third-order valence-corrected chi connectivity index (χ3v) is 6.48. The van der Waals surface area contributed by atoms with Crippen LogP contribution >= 0.6 is 7.80 Å². The summed E-state index contributed by atoms with van der Waals surface area (Å²) in [4.78, 5) is 3.55. The number of hydrogen-bond acceptors (Lipinski definition) is 1. The van der Waals surface area contributed by atoms with Gasteiger partial charge in [-0.1, -0.05) is 59.2 Å². The minimum atomic E-state index is -1.56. The van der Waals surface area contributed by atoms with E-state index < -0.39 is 7.80 Å². The second-order valence-electron chi connectivity index (χ2n) is 6.58. The molecule has 1 atom stereocenters. The highest BCUT2D eigenvalue weighted by molar-refractivity contribution is 7.61. The molecule has 0 saturated carbocycles. The van der Waals surface area contributed by atoms with Gasteiger partial charge in [0.05, 0.1) is 5.52 Å². The van der Waals surface area contributed by atoms with Gasteiger partial charge < -0.3 is 4.98 Å². The number of fused-ring (bicyclic) bond motifs is 3. The molecular formula is C24H17NOP+. The molecule has 1 unspecified atom stereocenters. The average Bonchev–Trinajstić information content (AvgIpc) is 3.13. The molecule has 0 amide bonds. The zero-order valence-corrected chi connectivity index (χ0v) is 15.5. The van der Waals surface area contributed by atoms with Crippen LogP contribution in [0.1, 0.15) is 0 Å². The Morgan fingerprint density at radius 2 is 1.26 bits per heavy atom. The van der Waals surface area contributed by atoms with Gasteiger partial charge in [0.2, 0.25) is 0 Å². The number of H-pyrrole nitrogens is 1. The Kier molecular flexibility index (Phi) is 3.85. The van der Waals surface area contributed by atoms with Crippen molar-refractivity contribution in [3.8, 4) is 11.1 Å². The molecule has 0 aliphatic carbocycles. The van der Waals surface area contributed by atoms with E-state index in [1.807, 2.05) is 48.5 Å². The molecule has 128 valence electrons. The Balaban J connectivity index is 1.58. The maximum Gasteiger partial charge on any atom is 0.415 e. The van der Waals surface area contributed by atoms with Crippen LogP contribution in [0.5, 0.6) is 0 Å². The fraction of sp³-hybridized carbons (Fsp3) is 0. The van der Waals surface area contributed by atoms with Gasteiger partial charge in [0, 0.05) is 21.9 Å². The zero-order chi connectivity index (χ0) is 18.2. The van der Waals surface area contributed by atoms with E-state index in [9.17, 15) is 4.57 Å². The van der Waals surface area contributed by atoms with Gasteiger partial charge in [-0.15, -0.1) is 0 Å². The molecule has 1 aromatic heterocycles. The highest BCUT2D eigenvalue weighted by Crippen LogP contribution is 2.33. The average molecular weight is 366 g/mol. The maximum absolute atomic E-state index is 12.8. The zero-order valence-electron chi connectivity index (χ0n) is 14.6. The van der Waals surface area contributed by atoms with Crippen LogP contribution in [-0.2, 0) is 4.57 Å². The van der Waals surface area contributed by atoms with E-state index in [-0.39, 0.29) is 0 Å². The third kappa shape index (κ3) is 2.75. The summed E-state index contributed by atoms with van der Waals surface area (Å²) in [5.41, 5.74) is 4.56. The van der Waals surface area contributed by atoms with Crippen molar-refractivity contribution in [2.45, 2.75) is 0 Å². The standard InChI is InChI=1S/C24H17NOP/c26-27(18-7-2-1-3-8-18)19-15-13-17(14-16-19)20-10-6-11-22-21-9-4-5-12-23(21)25-24(20)22/h1-16,25H/q+1. The van der Waals surface area contributed by atoms with Crippen LogP contribution in [0.25, 0.3) is 32.9 Å². The van der Waals surface area contributed by atoms with Gasteiger partial charge in [-0.3, -0.25) is 0 Å². The van der Waals surface area contributed by atoms with E-state index in [1.165, 1.54) is 10.8 Å². The van der Waals surface area contributed by atoms with E-state index in [0.29, 0.717) is 0 Å². The molecule has 1 N–H and O–H groups in total. The molecule has 0 aliphatic heterocycles. The lowest BCUT2D eigenvalue weighted by Gasteiger charge is -2.03. The van der Waals surface area contributed by atoms with Gasteiger partial charge in [-0.2, -0.15) is 0 Å². The minimum Gasteiger partial charge on any atom is -0.354 e. The van der Waals surface area contributed by atoms with Crippen LogP contribution in [0.4, 0.5) is 0 Å². The summed E-state index contributed by atoms with van der Waals surface area (Å²) in [6.45, 7) is 0. The molecule has 0 aliphatic rings. The van der Waals surface area contributed by atoms with E-state index in [4.69, 9.17) is 0 Å². The van der Waals surface area contributed by atoms with Gasteiger partial charge in [0.1, 0.15) is 0 Å². The number of nitrogens with one attached hydrogen (secondary N) is 1. The normalized spacial score (nSPS) is 11.8. The quantitative estimate of drug-likeness (QED) is 0.404. The first kappa shape index (κ1) is 16.0. The van der Waals surface area contributed by atoms with Gasteiger partial charge in [-0.25, -0.2) is 0 Å². The highest BCUT2D eigenvalue weighted by Gasteiger charge is 2.22. The largest absolute Gasteiger partial charge is 0.415 e. The van der Waals surface area contributed by atoms with Gasteiger partial charge in [0.15, 0.2) is 10.6 Å². The van der Waals surface area contributed by atoms with Crippen LogP contribution in [-0.4, -0.2) is 4.98 Å². The summed E-state index contributed by atoms with van der Waals surface area (Å²) in [5.74, 6) is 0. The summed E-state index contributed by atoms with van der Waals surface area (Å²) in [6.07, 6.45) is 0. The number of hydrogen-bond donors (Lipinski definition) is 1. The summed E-state index contributed by atoms with van der Waals surface area (Å²) in [5, 5.41) is 4.17. The molecule has 5 aromatic rings. The Labute approximate surface area is 158 Å². The van der Waals surface area contributed by atoms with Crippen molar-refractivity contribution in [1.82, 2.24) is 4.98 Å². The van der Waals surface area contributed by atoms with Gasteiger partial charge in [0.25, 0.3) is 0 Å². The van der Waals surface area contributed by atoms with Crippen LogP contribution in [0.2, 0.25) is 0 Å². The Hall–Kier alpha value is -3.22. The molecule has 0 radical (unpaired) electrons. The first-order valence-electron chi connectivity index (χ1n) is 8.93. The van der Waals surface area contributed by atoms with Crippen LogP contribution < -0.4 is 10.6 Å². The second kappa shape index (κ2) is 6.50. The highest BCUT2D eigenvalue weighted by atomic mass is 31.1. The summed E-state index contributed by atoms with van der Waals surface area (Å²) < 4.78 is 12.8. The van der Waals surface area contributed by atoms with Crippen molar-refractivity contribution >= 4 is 40.2 Å². The van der Waals surface area contributed by atoms with Gasteiger partial charge >= 0.3 is 7.80 Å². The molecular weight excluding hydrogens is 349 g/mol. The molecule has 2 nitrogen and oxygen atoms in total. The Bertz CT molecular complexity index is 1270. The van der Waals surface area contributed by atoms with Crippen molar-refractivity contribution in [1.29, 1.82) is 0 Å².